The van der Waals surface area contributed by atoms with E-state index in [1.165, 1.54) is 6.08 Å². The predicted octanol–water partition coefficient (Wildman–Crippen LogP) is 2.21. The fourth-order valence-corrected chi connectivity index (χ4v) is 1.86. The van der Waals surface area contributed by atoms with E-state index in [0.717, 1.165) is 12.8 Å². The molecule has 0 bridgehead atoms. The molecule has 1 rings (SSSR count). The number of ether oxygens (including phenoxy) is 2. The lowest BCUT2D eigenvalue weighted by atomic mass is 10.1. The first-order valence-electron chi connectivity index (χ1n) is 6.73. The van der Waals surface area contributed by atoms with E-state index in [1.807, 2.05) is 6.92 Å². The van der Waals surface area contributed by atoms with Gasteiger partial charge in [-0.05, 0) is 19.4 Å². The van der Waals surface area contributed by atoms with Crippen molar-refractivity contribution >= 4 is 5.78 Å². The van der Waals surface area contributed by atoms with Crippen LogP contribution < -0.4 is 0 Å². The summed E-state index contributed by atoms with van der Waals surface area (Å²) in [5.74, 6) is -0.601. The SMILES string of the molecule is CCCCC(O)/C=C/C(=O)CCC1(C)OCCO1. The van der Waals surface area contributed by atoms with Gasteiger partial charge in [-0.25, -0.2) is 0 Å². The number of aliphatic hydroxyl groups is 1. The van der Waals surface area contributed by atoms with Crippen molar-refractivity contribution in [3.8, 4) is 0 Å². The standard InChI is InChI=1S/C14H24O4/c1-3-4-5-12(15)6-7-13(16)8-9-14(2)17-10-11-18-14/h6-7,12,15H,3-5,8-11H2,1-2H3/b7-6+. The molecule has 1 saturated heterocycles. The molecular weight excluding hydrogens is 232 g/mol. The second-order valence-electron chi connectivity index (χ2n) is 4.87. The van der Waals surface area contributed by atoms with Gasteiger partial charge in [0, 0.05) is 12.8 Å². The maximum Gasteiger partial charge on any atom is 0.166 e. The molecule has 0 radical (unpaired) electrons. The lowest BCUT2D eigenvalue weighted by Gasteiger charge is -2.21. The highest BCUT2D eigenvalue weighted by atomic mass is 16.7. The van der Waals surface area contributed by atoms with Gasteiger partial charge in [0.15, 0.2) is 11.6 Å². The van der Waals surface area contributed by atoms with Crippen LogP contribution in [0.4, 0.5) is 0 Å². The molecule has 1 fully saturated rings. The van der Waals surface area contributed by atoms with Gasteiger partial charge in [0.2, 0.25) is 0 Å². The Hall–Kier alpha value is -0.710. The minimum atomic E-state index is -0.607. The molecule has 0 aromatic carbocycles. The highest BCUT2D eigenvalue weighted by Crippen LogP contribution is 2.24. The molecule has 1 aliphatic heterocycles. The van der Waals surface area contributed by atoms with Gasteiger partial charge in [0.05, 0.1) is 19.3 Å². The van der Waals surface area contributed by atoms with Crippen molar-refractivity contribution in [2.45, 2.75) is 57.8 Å². The van der Waals surface area contributed by atoms with Gasteiger partial charge in [-0.15, -0.1) is 0 Å². The molecule has 0 aromatic heterocycles. The smallest absolute Gasteiger partial charge is 0.166 e. The maximum absolute atomic E-state index is 11.6. The van der Waals surface area contributed by atoms with Crippen molar-refractivity contribution < 1.29 is 19.4 Å². The summed E-state index contributed by atoms with van der Waals surface area (Å²) in [6, 6.07) is 0. The van der Waals surface area contributed by atoms with Crippen LogP contribution in [0.3, 0.4) is 0 Å². The zero-order valence-corrected chi connectivity index (χ0v) is 11.4. The first kappa shape index (κ1) is 15.3. The molecule has 1 heterocycles. The molecule has 1 atom stereocenters. The van der Waals surface area contributed by atoms with Crippen LogP contribution in [0.5, 0.6) is 0 Å². The number of hydrogen-bond acceptors (Lipinski definition) is 4. The minimum absolute atomic E-state index is 0.00544. The van der Waals surface area contributed by atoms with Crippen molar-refractivity contribution in [2.75, 3.05) is 13.2 Å². The van der Waals surface area contributed by atoms with Gasteiger partial charge in [-0.1, -0.05) is 25.8 Å². The molecule has 0 aliphatic carbocycles. The number of allylic oxidation sites excluding steroid dienone is 1. The first-order valence-corrected chi connectivity index (χ1v) is 6.73. The average molecular weight is 256 g/mol. The summed E-state index contributed by atoms with van der Waals surface area (Å²) in [5, 5.41) is 9.57. The van der Waals surface area contributed by atoms with Crippen molar-refractivity contribution in [3.63, 3.8) is 0 Å². The third-order valence-corrected chi connectivity index (χ3v) is 3.08. The summed E-state index contributed by atoms with van der Waals surface area (Å²) < 4.78 is 10.8. The molecule has 0 amide bonds. The third-order valence-electron chi connectivity index (χ3n) is 3.08. The zero-order valence-electron chi connectivity index (χ0n) is 11.4. The molecule has 1 N–H and O–H groups in total. The molecule has 18 heavy (non-hydrogen) atoms. The van der Waals surface area contributed by atoms with Crippen molar-refractivity contribution in [1.29, 1.82) is 0 Å². The Morgan fingerprint density at radius 3 is 2.72 bits per heavy atom. The number of carbonyl (C=O) groups is 1. The fourth-order valence-electron chi connectivity index (χ4n) is 1.86. The van der Waals surface area contributed by atoms with E-state index in [-0.39, 0.29) is 5.78 Å². The van der Waals surface area contributed by atoms with Gasteiger partial charge in [0.25, 0.3) is 0 Å². The van der Waals surface area contributed by atoms with E-state index in [1.54, 1.807) is 6.08 Å². The second-order valence-corrected chi connectivity index (χ2v) is 4.87. The van der Waals surface area contributed by atoms with E-state index in [4.69, 9.17) is 9.47 Å². The highest BCUT2D eigenvalue weighted by molar-refractivity contribution is 5.89. The molecule has 0 aromatic rings. The molecule has 4 nitrogen and oxygen atoms in total. The van der Waals surface area contributed by atoms with Crippen LogP contribution in [0.2, 0.25) is 0 Å². The Labute approximate surface area is 109 Å². The normalized spacial score (nSPS) is 20.4. The summed E-state index contributed by atoms with van der Waals surface area (Å²) in [6.07, 6.45) is 6.21. The molecule has 104 valence electrons. The number of carbonyl (C=O) groups excluding carboxylic acids is 1. The fraction of sp³-hybridized carbons (Fsp3) is 0.786. The van der Waals surface area contributed by atoms with E-state index in [9.17, 15) is 9.90 Å². The van der Waals surface area contributed by atoms with Gasteiger partial charge < -0.3 is 14.6 Å². The Balaban J connectivity index is 2.22. The molecule has 0 spiro atoms. The van der Waals surface area contributed by atoms with Crippen LogP contribution in [-0.2, 0) is 14.3 Å². The maximum atomic E-state index is 11.6. The molecule has 0 saturated carbocycles. The minimum Gasteiger partial charge on any atom is -0.389 e. The summed E-state index contributed by atoms with van der Waals surface area (Å²) in [7, 11) is 0. The largest absolute Gasteiger partial charge is 0.389 e. The Morgan fingerprint density at radius 2 is 2.11 bits per heavy atom. The Kier molecular flexibility index (Phi) is 6.54. The van der Waals surface area contributed by atoms with E-state index >= 15 is 0 Å². The van der Waals surface area contributed by atoms with Crippen LogP contribution in [0.25, 0.3) is 0 Å². The predicted molar refractivity (Wildman–Crippen MR) is 69.2 cm³/mol. The van der Waals surface area contributed by atoms with Crippen LogP contribution in [0, 0.1) is 0 Å². The molecule has 4 heteroatoms. The monoisotopic (exact) mass is 256 g/mol. The number of hydrogen-bond donors (Lipinski definition) is 1. The zero-order chi connectivity index (χ0) is 13.4. The highest BCUT2D eigenvalue weighted by Gasteiger charge is 2.30. The van der Waals surface area contributed by atoms with Crippen molar-refractivity contribution in [2.24, 2.45) is 0 Å². The van der Waals surface area contributed by atoms with Gasteiger partial charge >= 0.3 is 0 Å². The van der Waals surface area contributed by atoms with Gasteiger partial charge in [-0.2, -0.15) is 0 Å². The third kappa shape index (κ3) is 5.76. The van der Waals surface area contributed by atoms with Crippen LogP contribution in [-0.4, -0.2) is 36.0 Å². The summed E-state index contributed by atoms with van der Waals surface area (Å²) in [5.41, 5.74) is 0. The summed E-state index contributed by atoms with van der Waals surface area (Å²) >= 11 is 0. The molecular formula is C14H24O4. The molecule has 1 aliphatic rings. The van der Waals surface area contributed by atoms with Crippen LogP contribution in [0.15, 0.2) is 12.2 Å². The number of aliphatic hydroxyl groups excluding tert-OH is 1. The van der Waals surface area contributed by atoms with Crippen molar-refractivity contribution in [3.05, 3.63) is 12.2 Å². The molecule has 1 unspecified atom stereocenters. The summed E-state index contributed by atoms with van der Waals surface area (Å²) in [6.45, 7) is 5.11. The van der Waals surface area contributed by atoms with E-state index in [0.29, 0.717) is 32.5 Å². The number of unbranched alkanes of at least 4 members (excludes halogenated alkanes) is 1. The Bertz CT molecular complexity index is 280. The average Bonchev–Trinajstić information content (AvgIpc) is 2.79. The van der Waals surface area contributed by atoms with Crippen LogP contribution >= 0.6 is 0 Å². The lowest BCUT2D eigenvalue weighted by Crippen LogP contribution is -2.26. The number of rotatable bonds is 8. The summed E-state index contributed by atoms with van der Waals surface area (Å²) in [4.78, 5) is 11.6. The van der Waals surface area contributed by atoms with Gasteiger partial charge in [0.1, 0.15) is 0 Å². The Morgan fingerprint density at radius 1 is 1.44 bits per heavy atom. The van der Waals surface area contributed by atoms with E-state index in [2.05, 4.69) is 6.92 Å². The van der Waals surface area contributed by atoms with E-state index < -0.39 is 11.9 Å². The lowest BCUT2D eigenvalue weighted by molar-refractivity contribution is -0.150. The quantitative estimate of drug-likeness (QED) is 0.676. The van der Waals surface area contributed by atoms with Crippen LogP contribution in [0.1, 0.15) is 46.0 Å². The van der Waals surface area contributed by atoms with Gasteiger partial charge in [-0.3, -0.25) is 4.79 Å². The number of ketones is 1. The first-order chi connectivity index (χ1) is 8.56. The second kappa shape index (κ2) is 7.67. The van der Waals surface area contributed by atoms with Crippen molar-refractivity contribution in [1.82, 2.24) is 0 Å². The topological polar surface area (TPSA) is 55.8 Å².